The van der Waals surface area contributed by atoms with Crippen molar-refractivity contribution in [1.29, 1.82) is 0 Å². The summed E-state index contributed by atoms with van der Waals surface area (Å²) >= 11 is 0. The molecule has 0 unspecified atom stereocenters. The maximum absolute atomic E-state index is 9.14. The average molecular weight is 285 g/mol. The number of aliphatic hydroxyl groups excluding tert-OH is 1. The molecule has 21 heavy (non-hydrogen) atoms. The van der Waals surface area contributed by atoms with Gasteiger partial charge in [-0.3, -0.25) is 0 Å². The normalized spacial score (nSPS) is 10.6. The number of hydrogen-bond donors (Lipinski definition) is 2. The number of rotatable bonds is 7. The van der Waals surface area contributed by atoms with Crippen molar-refractivity contribution in [2.45, 2.75) is 26.8 Å². The van der Waals surface area contributed by atoms with Crippen LogP contribution < -0.4 is 10.1 Å². The first-order valence-electron chi connectivity index (χ1n) is 7.41. The summed E-state index contributed by atoms with van der Waals surface area (Å²) < 4.78 is 6.07. The molecule has 0 spiro atoms. The van der Waals surface area contributed by atoms with Gasteiger partial charge < -0.3 is 15.2 Å². The van der Waals surface area contributed by atoms with Crippen molar-refractivity contribution in [3.05, 3.63) is 59.2 Å². The maximum Gasteiger partial charge on any atom is 0.130 e. The summed E-state index contributed by atoms with van der Waals surface area (Å²) in [6.07, 6.45) is 0.603. The second kappa shape index (κ2) is 7.81. The van der Waals surface area contributed by atoms with Gasteiger partial charge in [0, 0.05) is 13.2 Å². The van der Waals surface area contributed by atoms with Gasteiger partial charge in [-0.05, 0) is 48.7 Å². The van der Waals surface area contributed by atoms with Gasteiger partial charge in [0.2, 0.25) is 0 Å². The van der Waals surface area contributed by atoms with Crippen LogP contribution in [0.3, 0.4) is 0 Å². The molecule has 0 fully saturated rings. The van der Waals surface area contributed by atoms with Gasteiger partial charge in [0.25, 0.3) is 0 Å². The molecule has 0 aliphatic carbocycles. The monoisotopic (exact) mass is 285 g/mol. The molecule has 2 aromatic rings. The minimum Gasteiger partial charge on any atom is -0.457 e. The Morgan fingerprint density at radius 2 is 1.90 bits per heavy atom. The van der Waals surface area contributed by atoms with E-state index in [9.17, 15) is 0 Å². The Morgan fingerprint density at radius 3 is 2.67 bits per heavy atom. The number of nitrogens with one attached hydrogen (secondary N) is 1. The quantitative estimate of drug-likeness (QED) is 0.819. The van der Waals surface area contributed by atoms with E-state index in [4.69, 9.17) is 9.84 Å². The number of aliphatic hydroxyl groups is 1. The van der Waals surface area contributed by atoms with Crippen LogP contribution in [0.2, 0.25) is 0 Å². The van der Waals surface area contributed by atoms with Gasteiger partial charge in [-0.2, -0.15) is 0 Å². The van der Waals surface area contributed by atoms with Gasteiger partial charge in [-0.1, -0.05) is 37.3 Å². The summed E-state index contributed by atoms with van der Waals surface area (Å²) in [4.78, 5) is 0. The molecule has 2 rings (SSSR count). The molecule has 112 valence electrons. The van der Waals surface area contributed by atoms with Crippen LogP contribution in [0.25, 0.3) is 0 Å². The largest absolute Gasteiger partial charge is 0.457 e. The molecular formula is C18H23NO2. The molecule has 0 aromatic heterocycles. The summed E-state index contributed by atoms with van der Waals surface area (Å²) in [5.41, 5.74) is 3.34. The van der Waals surface area contributed by atoms with E-state index in [1.165, 1.54) is 5.56 Å². The highest BCUT2D eigenvalue weighted by Gasteiger charge is 2.07. The molecule has 0 saturated carbocycles. The topological polar surface area (TPSA) is 41.5 Å². The van der Waals surface area contributed by atoms with Crippen molar-refractivity contribution in [2.24, 2.45) is 0 Å². The van der Waals surface area contributed by atoms with Crippen molar-refractivity contribution >= 4 is 0 Å². The molecule has 2 N–H and O–H groups in total. The lowest BCUT2D eigenvalue weighted by Crippen LogP contribution is -2.11. The standard InChI is InChI=1S/C18H23NO2/c1-3-19-13-15-9-8-14(2)18(12-15)21-17-7-5-4-6-16(17)10-11-20/h4-9,12,19-20H,3,10-11,13H2,1-2H3. The van der Waals surface area contributed by atoms with Crippen LogP contribution >= 0.6 is 0 Å². The average Bonchev–Trinajstić information content (AvgIpc) is 2.50. The number of hydrogen-bond acceptors (Lipinski definition) is 3. The molecule has 0 saturated heterocycles. The van der Waals surface area contributed by atoms with Crippen molar-refractivity contribution < 1.29 is 9.84 Å². The van der Waals surface area contributed by atoms with E-state index >= 15 is 0 Å². The third kappa shape index (κ3) is 4.31. The number of aryl methyl sites for hydroxylation is 1. The summed E-state index contributed by atoms with van der Waals surface area (Å²) in [7, 11) is 0. The summed E-state index contributed by atoms with van der Waals surface area (Å²) in [5.74, 6) is 1.69. The first-order chi connectivity index (χ1) is 10.2. The molecule has 3 heteroatoms. The summed E-state index contributed by atoms with van der Waals surface area (Å²) in [5, 5.41) is 12.5. The van der Waals surface area contributed by atoms with Crippen molar-refractivity contribution in [3.63, 3.8) is 0 Å². The second-order valence-corrected chi connectivity index (χ2v) is 5.06. The first kappa shape index (κ1) is 15.5. The lowest BCUT2D eigenvalue weighted by atomic mass is 10.1. The second-order valence-electron chi connectivity index (χ2n) is 5.06. The third-order valence-corrected chi connectivity index (χ3v) is 3.41. The maximum atomic E-state index is 9.14. The summed E-state index contributed by atoms with van der Waals surface area (Å²) in [6, 6.07) is 14.1. The Hall–Kier alpha value is -1.84. The smallest absolute Gasteiger partial charge is 0.130 e. The van der Waals surface area contributed by atoms with Gasteiger partial charge in [-0.15, -0.1) is 0 Å². The van der Waals surface area contributed by atoms with Crippen LogP contribution in [0.4, 0.5) is 0 Å². The van der Waals surface area contributed by atoms with Crippen molar-refractivity contribution in [2.75, 3.05) is 13.2 Å². The zero-order valence-electron chi connectivity index (χ0n) is 12.7. The van der Waals surface area contributed by atoms with Crippen molar-refractivity contribution in [3.8, 4) is 11.5 Å². The lowest BCUT2D eigenvalue weighted by molar-refractivity contribution is 0.298. The third-order valence-electron chi connectivity index (χ3n) is 3.41. The van der Waals surface area contributed by atoms with E-state index in [2.05, 4.69) is 30.4 Å². The molecule has 0 heterocycles. The predicted octanol–water partition coefficient (Wildman–Crippen LogP) is 3.43. The van der Waals surface area contributed by atoms with Gasteiger partial charge in [0.1, 0.15) is 11.5 Å². The SMILES string of the molecule is CCNCc1ccc(C)c(Oc2ccccc2CCO)c1. The Kier molecular flexibility index (Phi) is 5.78. The predicted molar refractivity (Wildman–Crippen MR) is 85.9 cm³/mol. The van der Waals surface area contributed by atoms with Gasteiger partial charge in [0.15, 0.2) is 0 Å². The molecule has 0 aliphatic rings. The van der Waals surface area contributed by atoms with Crippen LogP contribution in [0.15, 0.2) is 42.5 Å². The lowest BCUT2D eigenvalue weighted by Gasteiger charge is -2.14. The van der Waals surface area contributed by atoms with Crippen LogP contribution in [-0.2, 0) is 13.0 Å². The molecule has 0 radical (unpaired) electrons. The van der Waals surface area contributed by atoms with E-state index in [1.54, 1.807) is 0 Å². The molecule has 2 aromatic carbocycles. The van der Waals surface area contributed by atoms with E-state index in [1.807, 2.05) is 31.2 Å². The molecule has 0 atom stereocenters. The fourth-order valence-electron chi connectivity index (χ4n) is 2.18. The highest BCUT2D eigenvalue weighted by Crippen LogP contribution is 2.29. The summed E-state index contributed by atoms with van der Waals surface area (Å²) in [6.45, 7) is 6.05. The number of benzene rings is 2. The van der Waals surface area contributed by atoms with Gasteiger partial charge in [0.05, 0.1) is 0 Å². The molecule has 0 amide bonds. The van der Waals surface area contributed by atoms with E-state index in [0.717, 1.165) is 35.7 Å². The molecular weight excluding hydrogens is 262 g/mol. The van der Waals surface area contributed by atoms with Gasteiger partial charge >= 0.3 is 0 Å². The fraction of sp³-hybridized carbons (Fsp3) is 0.333. The Labute approximate surface area is 126 Å². The number of para-hydroxylation sites is 1. The molecule has 0 aliphatic heterocycles. The van der Waals surface area contributed by atoms with E-state index in [0.29, 0.717) is 6.42 Å². The Morgan fingerprint density at radius 1 is 1.10 bits per heavy atom. The van der Waals surface area contributed by atoms with E-state index in [-0.39, 0.29) is 6.61 Å². The fourth-order valence-corrected chi connectivity index (χ4v) is 2.18. The number of ether oxygens (including phenoxy) is 1. The van der Waals surface area contributed by atoms with E-state index < -0.39 is 0 Å². The highest BCUT2D eigenvalue weighted by molar-refractivity contribution is 5.42. The minimum absolute atomic E-state index is 0.125. The minimum atomic E-state index is 0.125. The van der Waals surface area contributed by atoms with Crippen molar-refractivity contribution in [1.82, 2.24) is 5.32 Å². The zero-order chi connectivity index (χ0) is 15.1. The van der Waals surface area contributed by atoms with Crippen LogP contribution in [0.5, 0.6) is 11.5 Å². The Bertz CT molecular complexity index is 581. The highest BCUT2D eigenvalue weighted by atomic mass is 16.5. The van der Waals surface area contributed by atoms with Crippen LogP contribution in [0.1, 0.15) is 23.6 Å². The molecule has 3 nitrogen and oxygen atoms in total. The molecule has 0 bridgehead atoms. The van der Waals surface area contributed by atoms with Crippen LogP contribution in [0, 0.1) is 6.92 Å². The first-order valence-corrected chi connectivity index (χ1v) is 7.41. The Balaban J connectivity index is 2.22. The zero-order valence-corrected chi connectivity index (χ0v) is 12.7. The van der Waals surface area contributed by atoms with Gasteiger partial charge in [-0.25, -0.2) is 0 Å². The van der Waals surface area contributed by atoms with Crippen LogP contribution in [-0.4, -0.2) is 18.3 Å².